The van der Waals surface area contributed by atoms with Crippen LogP contribution in [0.15, 0.2) is 28.7 Å². The minimum absolute atomic E-state index is 0.549. The molecule has 0 aliphatic carbocycles. The van der Waals surface area contributed by atoms with Gasteiger partial charge in [0.1, 0.15) is 11.3 Å². The number of hydrogen-bond acceptors (Lipinski definition) is 2. The lowest BCUT2D eigenvalue weighted by molar-refractivity contribution is 0.504. The van der Waals surface area contributed by atoms with Crippen LogP contribution in [0.2, 0.25) is 0 Å². The molecule has 1 aromatic carbocycles. The largest absolute Gasteiger partial charge is 0.461 e. The number of furan rings is 1. The molecule has 1 atom stereocenters. The first-order valence-corrected chi connectivity index (χ1v) is 7.48. The molecule has 104 valence electrons. The Hall–Kier alpha value is -1.28. The monoisotopic (exact) mass is 259 g/mol. The molecule has 19 heavy (non-hydrogen) atoms. The predicted octanol–water partition coefficient (Wildman–Crippen LogP) is 4.66. The van der Waals surface area contributed by atoms with Gasteiger partial charge in [-0.05, 0) is 25.8 Å². The molecule has 2 nitrogen and oxygen atoms in total. The summed E-state index contributed by atoms with van der Waals surface area (Å²) < 4.78 is 6.03. The minimum Gasteiger partial charge on any atom is -0.461 e. The maximum absolute atomic E-state index is 6.03. The molecule has 1 heterocycles. The number of hydrogen-bond donors (Lipinski definition) is 1. The molecule has 0 radical (unpaired) electrons. The molecule has 2 aromatic rings. The summed E-state index contributed by atoms with van der Waals surface area (Å²) in [5.74, 6) is 1.17. The van der Waals surface area contributed by atoms with Gasteiger partial charge in [-0.15, -0.1) is 0 Å². The lowest BCUT2D eigenvalue weighted by atomic mass is 10.1. The summed E-state index contributed by atoms with van der Waals surface area (Å²) in [5, 5.41) is 4.85. The topological polar surface area (TPSA) is 25.2 Å². The van der Waals surface area contributed by atoms with Gasteiger partial charge >= 0.3 is 0 Å². The summed E-state index contributed by atoms with van der Waals surface area (Å²) in [4.78, 5) is 0. The third-order valence-electron chi connectivity index (χ3n) is 3.78. The first-order valence-electron chi connectivity index (χ1n) is 7.48. The van der Waals surface area contributed by atoms with Crippen molar-refractivity contribution in [2.45, 2.75) is 59.0 Å². The molecular formula is C17H25NO. The molecule has 0 amide bonds. The molecular weight excluding hydrogens is 234 g/mol. The zero-order chi connectivity index (χ0) is 13.7. The molecule has 0 fully saturated rings. The Labute approximate surface area is 116 Å². The molecule has 0 saturated heterocycles. The highest BCUT2D eigenvalue weighted by atomic mass is 16.3. The van der Waals surface area contributed by atoms with Crippen LogP contribution < -0.4 is 5.32 Å². The van der Waals surface area contributed by atoms with Gasteiger partial charge in [-0.25, -0.2) is 0 Å². The fourth-order valence-corrected chi connectivity index (χ4v) is 2.30. The lowest BCUT2D eigenvalue weighted by Crippen LogP contribution is -2.24. The minimum atomic E-state index is 0.549. The van der Waals surface area contributed by atoms with Crippen molar-refractivity contribution >= 4 is 11.0 Å². The van der Waals surface area contributed by atoms with E-state index in [0.717, 1.165) is 25.0 Å². The van der Waals surface area contributed by atoms with Gasteiger partial charge in [-0.3, -0.25) is 0 Å². The summed E-state index contributed by atoms with van der Waals surface area (Å²) >= 11 is 0. The van der Waals surface area contributed by atoms with Crippen LogP contribution in [0, 0.1) is 0 Å². The van der Waals surface area contributed by atoms with Crippen molar-refractivity contribution in [1.82, 2.24) is 5.32 Å². The molecule has 0 saturated carbocycles. The lowest BCUT2D eigenvalue weighted by Gasteiger charge is -2.11. The van der Waals surface area contributed by atoms with E-state index in [2.05, 4.69) is 44.3 Å². The Kier molecular flexibility index (Phi) is 5.03. The zero-order valence-corrected chi connectivity index (χ0v) is 12.3. The van der Waals surface area contributed by atoms with Crippen LogP contribution in [0.25, 0.3) is 11.0 Å². The summed E-state index contributed by atoms with van der Waals surface area (Å²) in [6.45, 7) is 7.57. The smallest absolute Gasteiger partial charge is 0.134 e. The van der Waals surface area contributed by atoms with E-state index in [0.29, 0.717) is 6.04 Å². The standard InChI is InChI=1S/C17H25NO/c1-4-6-10-17-15(12-18-13(3)5-2)14-9-7-8-11-16(14)19-17/h7-9,11,13,18H,4-6,10,12H2,1-3H3. The van der Waals surface area contributed by atoms with E-state index in [-0.39, 0.29) is 0 Å². The van der Waals surface area contributed by atoms with Gasteiger partial charge in [0, 0.05) is 30.0 Å². The van der Waals surface area contributed by atoms with Gasteiger partial charge in [-0.2, -0.15) is 0 Å². The van der Waals surface area contributed by atoms with E-state index < -0.39 is 0 Å². The van der Waals surface area contributed by atoms with Crippen LogP contribution in [0.4, 0.5) is 0 Å². The van der Waals surface area contributed by atoms with Crippen LogP contribution in [0.3, 0.4) is 0 Å². The first-order chi connectivity index (χ1) is 9.26. The number of aryl methyl sites for hydroxylation is 1. The highest BCUT2D eigenvalue weighted by Gasteiger charge is 2.13. The van der Waals surface area contributed by atoms with Crippen LogP contribution in [-0.2, 0) is 13.0 Å². The Morgan fingerprint density at radius 2 is 2.00 bits per heavy atom. The van der Waals surface area contributed by atoms with Gasteiger partial charge in [-0.1, -0.05) is 38.5 Å². The average Bonchev–Trinajstić information content (AvgIpc) is 2.80. The summed E-state index contributed by atoms with van der Waals surface area (Å²) in [6, 6.07) is 8.92. The Bertz CT molecular complexity index is 515. The van der Waals surface area contributed by atoms with Gasteiger partial charge in [0.25, 0.3) is 0 Å². The summed E-state index contributed by atoms with van der Waals surface area (Å²) in [7, 11) is 0. The quantitative estimate of drug-likeness (QED) is 0.782. The number of benzene rings is 1. The molecule has 0 spiro atoms. The fourth-order valence-electron chi connectivity index (χ4n) is 2.30. The highest BCUT2D eigenvalue weighted by molar-refractivity contribution is 5.82. The van der Waals surface area contributed by atoms with Gasteiger partial charge in [0.05, 0.1) is 0 Å². The van der Waals surface area contributed by atoms with Crippen molar-refractivity contribution in [3.63, 3.8) is 0 Å². The van der Waals surface area contributed by atoms with Gasteiger partial charge in [0.15, 0.2) is 0 Å². The van der Waals surface area contributed by atoms with E-state index in [1.807, 2.05) is 6.07 Å². The van der Waals surface area contributed by atoms with Crippen molar-refractivity contribution in [2.24, 2.45) is 0 Å². The average molecular weight is 259 g/mol. The number of fused-ring (bicyclic) bond motifs is 1. The molecule has 0 aliphatic rings. The van der Waals surface area contributed by atoms with Crippen molar-refractivity contribution in [3.05, 3.63) is 35.6 Å². The molecule has 2 rings (SSSR count). The first kappa shape index (κ1) is 14.1. The van der Waals surface area contributed by atoms with Crippen LogP contribution >= 0.6 is 0 Å². The molecule has 0 aliphatic heterocycles. The van der Waals surface area contributed by atoms with E-state index >= 15 is 0 Å². The second kappa shape index (κ2) is 6.76. The summed E-state index contributed by atoms with van der Waals surface area (Å²) in [6.07, 6.45) is 4.59. The van der Waals surface area contributed by atoms with E-state index in [1.54, 1.807) is 0 Å². The van der Waals surface area contributed by atoms with E-state index in [9.17, 15) is 0 Å². The van der Waals surface area contributed by atoms with Crippen LogP contribution in [-0.4, -0.2) is 6.04 Å². The van der Waals surface area contributed by atoms with Crippen molar-refractivity contribution in [3.8, 4) is 0 Å². The van der Waals surface area contributed by atoms with Gasteiger partial charge in [0.2, 0.25) is 0 Å². The number of rotatable bonds is 7. The van der Waals surface area contributed by atoms with E-state index in [1.165, 1.54) is 29.6 Å². The second-order valence-electron chi connectivity index (χ2n) is 5.29. The third-order valence-corrected chi connectivity index (χ3v) is 3.78. The van der Waals surface area contributed by atoms with Crippen molar-refractivity contribution in [1.29, 1.82) is 0 Å². The highest BCUT2D eigenvalue weighted by Crippen LogP contribution is 2.27. The molecule has 0 bridgehead atoms. The number of nitrogens with one attached hydrogen (secondary N) is 1. The summed E-state index contributed by atoms with van der Waals surface area (Å²) in [5.41, 5.74) is 2.37. The maximum Gasteiger partial charge on any atom is 0.134 e. The molecule has 2 heteroatoms. The SMILES string of the molecule is CCCCc1oc2ccccc2c1CNC(C)CC. The maximum atomic E-state index is 6.03. The second-order valence-corrected chi connectivity index (χ2v) is 5.29. The number of para-hydroxylation sites is 1. The Morgan fingerprint density at radius 3 is 2.74 bits per heavy atom. The molecule has 1 N–H and O–H groups in total. The zero-order valence-electron chi connectivity index (χ0n) is 12.3. The number of unbranched alkanes of at least 4 members (excludes halogenated alkanes) is 1. The third kappa shape index (κ3) is 3.38. The molecule has 1 aromatic heterocycles. The molecule has 1 unspecified atom stereocenters. The van der Waals surface area contributed by atoms with E-state index in [4.69, 9.17) is 4.42 Å². The van der Waals surface area contributed by atoms with Crippen LogP contribution in [0.1, 0.15) is 51.4 Å². The Balaban J connectivity index is 2.25. The fraction of sp³-hybridized carbons (Fsp3) is 0.529. The Morgan fingerprint density at radius 1 is 1.21 bits per heavy atom. The van der Waals surface area contributed by atoms with Crippen molar-refractivity contribution < 1.29 is 4.42 Å². The predicted molar refractivity (Wildman–Crippen MR) is 81.4 cm³/mol. The normalized spacial score (nSPS) is 13.0. The van der Waals surface area contributed by atoms with Crippen LogP contribution in [0.5, 0.6) is 0 Å². The van der Waals surface area contributed by atoms with Crippen molar-refractivity contribution in [2.75, 3.05) is 0 Å². The van der Waals surface area contributed by atoms with Gasteiger partial charge < -0.3 is 9.73 Å².